The van der Waals surface area contributed by atoms with Crippen LogP contribution in [0.15, 0.2) is 0 Å². The van der Waals surface area contributed by atoms with Crippen molar-refractivity contribution in [2.75, 3.05) is 39.6 Å². The Morgan fingerprint density at radius 3 is 1.25 bits per heavy atom. The summed E-state index contributed by atoms with van der Waals surface area (Å²) in [5.41, 5.74) is -8.53. The topological polar surface area (TPSA) is 125 Å². The first-order chi connectivity index (χ1) is 30.4. The van der Waals surface area contributed by atoms with Gasteiger partial charge >= 0.3 is 49.0 Å². The number of hydrogen-bond acceptors (Lipinski definition) is 10. The largest absolute Gasteiger partial charge is 0.465 e. The number of hydrogen-bond donors (Lipinski definition) is 1. The molecule has 412 valence electrons. The summed E-state index contributed by atoms with van der Waals surface area (Å²) in [7, 11) is 0. The molecule has 7 atom stereocenters. The van der Waals surface area contributed by atoms with Crippen LogP contribution >= 0.6 is 0 Å². The van der Waals surface area contributed by atoms with Gasteiger partial charge in [-0.15, -0.1) is 0 Å². The number of carbonyl (C=O) groups is 2. The Morgan fingerprint density at radius 2 is 0.841 bits per heavy atom. The molecule has 0 aliphatic rings. The summed E-state index contributed by atoms with van der Waals surface area (Å²) < 4.78 is 282. The fourth-order valence-corrected chi connectivity index (χ4v) is 6.63. The van der Waals surface area contributed by atoms with Crippen molar-refractivity contribution >= 4 is 11.9 Å². The van der Waals surface area contributed by atoms with E-state index in [2.05, 4.69) is 0 Å². The van der Waals surface area contributed by atoms with Crippen molar-refractivity contribution in [3.8, 4) is 0 Å². The molecule has 0 aromatic heterocycles. The predicted molar refractivity (Wildman–Crippen MR) is 208 cm³/mol. The molecular formula is C41H63F18NO9. The standard InChI is InChI=1S/C41H63F18NO9/c1-12-33(9,66-21-17-37(45,46)47)25(39(51,52)53)23-68-35(11,60)27(41(57,58)59)29(62)69-31(5,6)15-19-64-30(3,4)14-18-63-28(61)26(40(54,55)56)34(10,13-2)67-22-24(38(48,49)50)32(7,8)65-20-16-36(42,43)44/h24-27H,12-23,60H2,1-11H3. The summed E-state index contributed by atoms with van der Waals surface area (Å²) in [5.74, 6) is -16.4. The summed E-state index contributed by atoms with van der Waals surface area (Å²) in [4.78, 5) is 26.1. The monoisotopic (exact) mass is 1060 g/mol. The lowest BCUT2D eigenvalue weighted by atomic mass is 9.84. The van der Waals surface area contributed by atoms with Crippen LogP contribution in [0, 0.1) is 23.7 Å². The number of rotatable bonds is 28. The number of carbonyl (C=O) groups excluding carboxylic acids is 2. The van der Waals surface area contributed by atoms with Crippen LogP contribution in [0.2, 0.25) is 0 Å². The van der Waals surface area contributed by atoms with Gasteiger partial charge in [-0.3, -0.25) is 9.59 Å². The fraction of sp³-hybridized carbons (Fsp3) is 0.951. The van der Waals surface area contributed by atoms with Crippen molar-refractivity contribution in [3.63, 3.8) is 0 Å². The smallest absolute Gasteiger partial charge is 0.406 e. The maximum atomic E-state index is 14.4. The maximum Gasteiger partial charge on any atom is 0.406 e. The van der Waals surface area contributed by atoms with Gasteiger partial charge in [-0.2, -0.15) is 79.0 Å². The van der Waals surface area contributed by atoms with E-state index in [-0.39, 0.29) is 0 Å². The van der Waals surface area contributed by atoms with E-state index in [1.165, 1.54) is 13.8 Å². The Hall–Kier alpha value is -2.56. The van der Waals surface area contributed by atoms with E-state index in [4.69, 9.17) is 38.9 Å². The first-order valence-corrected chi connectivity index (χ1v) is 21.2. The zero-order valence-electron chi connectivity index (χ0n) is 39.8. The van der Waals surface area contributed by atoms with Gasteiger partial charge < -0.3 is 38.9 Å². The molecule has 10 nitrogen and oxygen atoms in total. The molecule has 0 spiro atoms. The normalized spacial score (nSPS) is 18.6. The molecule has 0 bridgehead atoms. The third-order valence-electron chi connectivity index (χ3n) is 11.4. The Labute approximate surface area is 388 Å². The van der Waals surface area contributed by atoms with Crippen LogP contribution in [0.5, 0.6) is 0 Å². The van der Waals surface area contributed by atoms with Gasteiger partial charge in [-0.1, -0.05) is 13.8 Å². The quantitative estimate of drug-likeness (QED) is 0.0460. The molecule has 7 unspecified atom stereocenters. The molecule has 0 saturated carbocycles. The van der Waals surface area contributed by atoms with Crippen molar-refractivity contribution in [2.24, 2.45) is 29.4 Å². The van der Waals surface area contributed by atoms with Gasteiger partial charge in [0.05, 0.1) is 74.9 Å². The predicted octanol–water partition coefficient (Wildman–Crippen LogP) is 11.9. The Balaban J connectivity index is 5.92. The molecule has 0 aliphatic heterocycles. The van der Waals surface area contributed by atoms with Gasteiger partial charge in [0, 0.05) is 12.8 Å². The first-order valence-electron chi connectivity index (χ1n) is 21.2. The van der Waals surface area contributed by atoms with Crippen molar-refractivity contribution in [3.05, 3.63) is 0 Å². The van der Waals surface area contributed by atoms with E-state index in [0.29, 0.717) is 13.8 Å². The molecule has 0 aliphatic carbocycles. The lowest BCUT2D eigenvalue weighted by Gasteiger charge is -2.41. The van der Waals surface area contributed by atoms with Gasteiger partial charge in [-0.05, 0) is 75.2 Å². The minimum atomic E-state index is -5.62. The zero-order chi connectivity index (χ0) is 54.9. The van der Waals surface area contributed by atoms with Crippen LogP contribution in [0.3, 0.4) is 0 Å². The van der Waals surface area contributed by atoms with Crippen molar-refractivity contribution in [1.82, 2.24) is 0 Å². The average Bonchev–Trinajstić information content (AvgIpc) is 3.07. The summed E-state index contributed by atoms with van der Waals surface area (Å²) in [5, 5.41) is 0. The molecule has 0 aromatic carbocycles. The lowest BCUT2D eigenvalue weighted by molar-refractivity contribution is -0.278. The molecule has 0 radical (unpaired) electrons. The number of esters is 2. The number of ether oxygens (including phenoxy) is 7. The highest BCUT2D eigenvalue weighted by Crippen LogP contribution is 2.45. The molecule has 0 heterocycles. The highest BCUT2D eigenvalue weighted by atomic mass is 19.4. The fourth-order valence-electron chi connectivity index (χ4n) is 6.63. The molecule has 0 fully saturated rings. The minimum absolute atomic E-state index is 0.394. The zero-order valence-corrected chi connectivity index (χ0v) is 39.8. The third-order valence-corrected chi connectivity index (χ3v) is 11.4. The van der Waals surface area contributed by atoms with Crippen molar-refractivity contribution in [2.45, 2.75) is 185 Å². The Kier molecular flexibility index (Phi) is 23.1. The second-order valence-electron chi connectivity index (χ2n) is 18.8. The molecule has 2 N–H and O–H groups in total. The van der Waals surface area contributed by atoms with Crippen LogP contribution < -0.4 is 5.73 Å². The SMILES string of the molecule is CCC(C)(OCCC(F)(F)F)C(COC(C)(N)C(C(=O)OC(C)(C)CCOC(C)(C)CCOC(=O)C(C(F)(F)F)C(C)(CC)OCC(C(F)(F)F)C(C)(C)OCCC(F)(F)F)C(F)(F)F)C(F)(F)F. The van der Waals surface area contributed by atoms with Crippen LogP contribution in [0.1, 0.15) is 115 Å². The summed E-state index contributed by atoms with van der Waals surface area (Å²) in [6.07, 6.45) is -36.7. The van der Waals surface area contributed by atoms with Crippen LogP contribution in [0.4, 0.5) is 79.0 Å². The number of alkyl halides is 18. The maximum absolute atomic E-state index is 14.4. The van der Waals surface area contributed by atoms with Crippen LogP contribution in [-0.2, 0) is 42.7 Å². The minimum Gasteiger partial charge on any atom is -0.465 e. The Morgan fingerprint density at radius 1 is 0.435 bits per heavy atom. The summed E-state index contributed by atoms with van der Waals surface area (Å²) in [6, 6.07) is 0. The molecular weight excluding hydrogens is 992 g/mol. The molecule has 0 rings (SSSR count). The van der Waals surface area contributed by atoms with E-state index in [1.807, 2.05) is 0 Å². The Bertz CT molecular complexity index is 1590. The van der Waals surface area contributed by atoms with E-state index in [1.54, 1.807) is 0 Å². The molecule has 0 aromatic rings. The highest BCUT2D eigenvalue weighted by molar-refractivity contribution is 5.75. The third kappa shape index (κ3) is 22.8. The highest BCUT2D eigenvalue weighted by Gasteiger charge is 2.61. The van der Waals surface area contributed by atoms with E-state index in [9.17, 15) is 88.6 Å². The molecule has 0 saturated heterocycles. The van der Waals surface area contributed by atoms with Gasteiger partial charge in [0.15, 0.2) is 11.8 Å². The van der Waals surface area contributed by atoms with Crippen LogP contribution in [0.25, 0.3) is 0 Å². The van der Waals surface area contributed by atoms with Crippen molar-refractivity contribution in [1.29, 1.82) is 0 Å². The molecule has 0 amide bonds. The average molecular weight is 1060 g/mol. The molecule has 69 heavy (non-hydrogen) atoms. The lowest BCUT2D eigenvalue weighted by Crippen LogP contribution is -2.59. The first kappa shape index (κ1) is 66.4. The van der Waals surface area contributed by atoms with Gasteiger partial charge in [-0.25, -0.2) is 0 Å². The number of nitrogens with two attached hydrogens (primary N) is 1. The van der Waals surface area contributed by atoms with E-state index in [0.717, 1.165) is 48.5 Å². The van der Waals surface area contributed by atoms with Gasteiger partial charge in [0.2, 0.25) is 0 Å². The van der Waals surface area contributed by atoms with Gasteiger partial charge in [0.25, 0.3) is 0 Å². The second kappa shape index (κ2) is 24.0. The molecule has 28 heteroatoms. The second-order valence-corrected chi connectivity index (χ2v) is 18.8. The van der Waals surface area contributed by atoms with E-state index < -0.39 is 185 Å². The van der Waals surface area contributed by atoms with Crippen molar-refractivity contribution < 1.29 is 122 Å². The van der Waals surface area contributed by atoms with Gasteiger partial charge in [0.1, 0.15) is 23.2 Å². The van der Waals surface area contributed by atoms with Crippen LogP contribution in [-0.4, -0.2) is 122 Å². The van der Waals surface area contributed by atoms with E-state index >= 15 is 0 Å². The summed E-state index contributed by atoms with van der Waals surface area (Å²) in [6.45, 7) is 3.41. The summed E-state index contributed by atoms with van der Waals surface area (Å²) >= 11 is 0. The number of halogens is 18.